The Morgan fingerprint density at radius 1 is 0.677 bits per heavy atom. The summed E-state index contributed by atoms with van der Waals surface area (Å²) in [6, 6.07) is 3.90. The molecule has 1 heterocycles. The Morgan fingerprint density at radius 2 is 1.25 bits per heavy atom. The fourth-order valence-corrected chi connectivity index (χ4v) is 5.91. The number of rotatable bonds is 32. The number of primary amides is 1. The minimum absolute atomic E-state index is 0.0211. The first-order valence-corrected chi connectivity index (χ1v) is 22.1. The molecule has 0 bridgehead atoms. The molecule has 1 aliphatic heterocycles. The smallest absolute Gasteiger partial charge is 0.407 e. The van der Waals surface area contributed by atoms with Crippen molar-refractivity contribution in [2.24, 2.45) is 11.7 Å². The van der Waals surface area contributed by atoms with Gasteiger partial charge in [-0.3, -0.25) is 28.9 Å². The molecule has 1 aliphatic rings. The molecule has 2 atom stereocenters. The molecule has 0 fully saturated rings. The van der Waals surface area contributed by atoms with E-state index in [1.807, 2.05) is 0 Å². The monoisotopic (exact) mass is 919 g/mol. The lowest BCUT2D eigenvalue weighted by Gasteiger charge is -2.25. The maximum absolute atomic E-state index is 13.5. The summed E-state index contributed by atoms with van der Waals surface area (Å²) in [6.07, 6.45) is 4.79. The molecule has 8 N–H and O–H groups in total. The van der Waals surface area contributed by atoms with E-state index < -0.39 is 47.7 Å². The minimum atomic E-state index is -1.03. The molecule has 0 aliphatic carbocycles. The van der Waals surface area contributed by atoms with Crippen molar-refractivity contribution in [1.29, 1.82) is 0 Å². The van der Waals surface area contributed by atoms with Crippen molar-refractivity contribution in [3.8, 4) is 0 Å². The Bertz CT molecular complexity index is 1680. The Kier molecular flexibility index (Phi) is 26.5. The number of nitrogens with one attached hydrogen (secondary N) is 6. The second-order valence-corrected chi connectivity index (χ2v) is 16.4. The van der Waals surface area contributed by atoms with Gasteiger partial charge in [-0.15, -0.1) is 0 Å². The van der Waals surface area contributed by atoms with Gasteiger partial charge in [0.2, 0.25) is 17.7 Å². The minimum Gasteiger partial charge on any atom is -0.445 e. The molecule has 2 rings (SSSR count). The molecule has 21 heteroatoms. The normalized spacial score (nSPS) is 13.2. The zero-order chi connectivity index (χ0) is 48.0. The number of nitrogens with zero attached hydrogens (tertiary/aromatic N) is 1. The predicted molar refractivity (Wildman–Crippen MR) is 239 cm³/mol. The van der Waals surface area contributed by atoms with Crippen molar-refractivity contribution in [3.05, 3.63) is 42.0 Å². The summed E-state index contributed by atoms with van der Waals surface area (Å²) < 4.78 is 26.9. The second-order valence-electron chi connectivity index (χ2n) is 16.4. The number of carbonyl (C=O) groups is 8. The fourth-order valence-electron chi connectivity index (χ4n) is 5.91. The highest BCUT2D eigenvalue weighted by atomic mass is 16.6. The third-order valence-electron chi connectivity index (χ3n) is 9.26. The summed E-state index contributed by atoms with van der Waals surface area (Å²) in [5, 5.41) is 16.1. The van der Waals surface area contributed by atoms with Gasteiger partial charge in [0.05, 0.1) is 26.4 Å². The molecular weight excluding hydrogens is 849 g/mol. The number of amides is 9. The summed E-state index contributed by atoms with van der Waals surface area (Å²) in [5.74, 6) is -2.47. The number of benzene rings is 1. The molecule has 1 aromatic rings. The van der Waals surface area contributed by atoms with Crippen LogP contribution in [0.15, 0.2) is 36.4 Å². The van der Waals surface area contributed by atoms with Crippen LogP contribution in [0.4, 0.5) is 20.1 Å². The summed E-state index contributed by atoms with van der Waals surface area (Å²) in [5.41, 5.74) is 5.71. The van der Waals surface area contributed by atoms with E-state index in [1.165, 1.54) is 12.2 Å². The number of imide groups is 1. The van der Waals surface area contributed by atoms with E-state index in [9.17, 15) is 38.4 Å². The predicted octanol–water partition coefficient (Wildman–Crippen LogP) is 2.77. The molecule has 0 saturated heterocycles. The van der Waals surface area contributed by atoms with E-state index in [4.69, 9.17) is 29.4 Å². The molecule has 65 heavy (non-hydrogen) atoms. The third kappa shape index (κ3) is 25.9. The van der Waals surface area contributed by atoms with Gasteiger partial charge >= 0.3 is 18.2 Å². The van der Waals surface area contributed by atoms with Crippen molar-refractivity contribution >= 4 is 53.4 Å². The lowest BCUT2D eigenvalue weighted by Crippen LogP contribution is -2.54. The highest BCUT2D eigenvalue weighted by molar-refractivity contribution is 6.12. The molecule has 364 valence electrons. The number of hydrogen-bond acceptors (Lipinski definition) is 13. The van der Waals surface area contributed by atoms with Gasteiger partial charge in [0.15, 0.2) is 0 Å². The van der Waals surface area contributed by atoms with Crippen LogP contribution in [0.3, 0.4) is 0 Å². The van der Waals surface area contributed by atoms with Crippen LogP contribution in [0, 0.1) is 5.92 Å². The Labute approximate surface area is 381 Å². The zero-order valence-electron chi connectivity index (χ0n) is 38.5. The van der Waals surface area contributed by atoms with Crippen LogP contribution in [-0.4, -0.2) is 136 Å². The number of nitrogens with two attached hydrogens (primary N) is 1. The quantitative estimate of drug-likeness (QED) is 0.0405. The first-order chi connectivity index (χ1) is 30.9. The average molecular weight is 919 g/mol. The number of urea groups is 1. The SMILES string of the molecule is CC(C)[C@H](NC(=O)CCCCCN1C(=O)C=CC1=O)C(=O)N[C@@H](CCCNC(N)=O)C(=O)Nc1ccc(COC(=O)NCCCOCCOCCOCCCNC(=O)OC(C)(C)C)cc1. The van der Waals surface area contributed by atoms with Crippen LogP contribution in [0.2, 0.25) is 0 Å². The summed E-state index contributed by atoms with van der Waals surface area (Å²) in [6.45, 7) is 12.7. The summed E-state index contributed by atoms with van der Waals surface area (Å²) in [7, 11) is 0. The van der Waals surface area contributed by atoms with Crippen LogP contribution >= 0.6 is 0 Å². The van der Waals surface area contributed by atoms with Gasteiger partial charge in [0.1, 0.15) is 24.3 Å². The lowest BCUT2D eigenvalue weighted by atomic mass is 10.0. The maximum Gasteiger partial charge on any atom is 0.407 e. The van der Waals surface area contributed by atoms with E-state index in [0.717, 1.165) is 4.90 Å². The zero-order valence-corrected chi connectivity index (χ0v) is 38.5. The highest BCUT2D eigenvalue weighted by Crippen LogP contribution is 2.14. The summed E-state index contributed by atoms with van der Waals surface area (Å²) in [4.78, 5) is 99.3. The molecule has 0 radical (unpaired) electrons. The number of alkyl carbamates (subject to hydrolysis) is 2. The molecule has 21 nitrogen and oxygen atoms in total. The fraction of sp³-hybridized carbons (Fsp3) is 0.636. The van der Waals surface area contributed by atoms with Crippen molar-refractivity contribution in [2.45, 2.75) is 110 Å². The van der Waals surface area contributed by atoms with Gasteiger partial charge in [-0.1, -0.05) is 32.4 Å². The van der Waals surface area contributed by atoms with Crippen LogP contribution < -0.4 is 37.6 Å². The molecule has 9 amide bonds. The number of unbranched alkanes of at least 4 members (excludes halogenated alkanes) is 2. The lowest BCUT2D eigenvalue weighted by molar-refractivity contribution is -0.137. The van der Waals surface area contributed by atoms with Crippen molar-refractivity contribution in [2.75, 3.05) is 71.1 Å². The molecule has 0 spiro atoms. The first kappa shape index (κ1) is 55.3. The Balaban J connectivity index is 1.67. The van der Waals surface area contributed by atoms with E-state index >= 15 is 0 Å². The molecule has 0 unspecified atom stereocenters. The first-order valence-electron chi connectivity index (χ1n) is 22.1. The van der Waals surface area contributed by atoms with Gasteiger partial charge in [-0.25, -0.2) is 14.4 Å². The number of hydrogen-bond donors (Lipinski definition) is 7. The summed E-state index contributed by atoms with van der Waals surface area (Å²) >= 11 is 0. The van der Waals surface area contributed by atoms with Crippen LogP contribution in [0.25, 0.3) is 0 Å². The Morgan fingerprint density at radius 3 is 1.82 bits per heavy atom. The molecular formula is C44H70N8O13. The molecule has 1 aromatic carbocycles. The van der Waals surface area contributed by atoms with Crippen molar-refractivity contribution in [1.82, 2.24) is 31.5 Å². The number of ether oxygens (including phenoxy) is 5. The van der Waals surface area contributed by atoms with Crippen molar-refractivity contribution in [3.63, 3.8) is 0 Å². The van der Waals surface area contributed by atoms with Gasteiger partial charge < -0.3 is 61.3 Å². The van der Waals surface area contributed by atoms with E-state index in [1.54, 1.807) is 58.9 Å². The van der Waals surface area contributed by atoms with Crippen molar-refractivity contribution < 1.29 is 62.0 Å². The third-order valence-corrected chi connectivity index (χ3v) is 9.26. The molecule has 0 saturated carbocycles. The van der Waals surface area contributed by atoms with Gasteiger partial charge in [-0.05, 0) is 82.9 Å². The maximum atomic E-state index is 13.5. The number of carbonyl (C=O) groups excluding carboxylic acids is 8. The highest BCUT2D eigenvalue weighted by Gasteiger charge is 2.29. The van der Waals surface area contributed by atoms with Gasteiger partial charge in [-0.2, -0.15) is 0 Å². The van der Waals surface area contributed by atoms with E-state index in [-0.39, 0.29) is 56.2 Å². The van der Waals surface area contributed by atoms with Crippen LogP contribution in [0.5, 0.6) is 0 Å². The van der Waals surface area contributed by atoms with E-state index in [2.05, 4.69) is 31.9 Å². The van der Waals surface area contributed by atoms with Crippen LogP contribution in [0.1, 0.15) is 91.5 Å². The molecule has 0 aromatic heterocycles. The second kappa shape index (κ2) is 31.1. The van der Waals surface area contributed by atoms with E-state index in [0.29, 0.717) is 103 Å². The standard InChI is InChI=1S/C44H70N8O13/c1-31(2)38(51-35(53)13-7-6-8-23-52-36(54)18-19-37(52)55)40(57)50-34(12-9-20-46-41(45)58)39(56)49-33-16-14-32(15-17-33)30-64-42(59)47-21-10-24-61-26-28-63-29-27-62-25-11-22-48-43(60)65-44(3,4)5/h14-19,31,34,38H,6-13,20-30H2,1-5H3,(H,47,59)(H,48,60)(H,49,56)(H,50,57)(H,51,53)(H3,45,46,58)/t34-,38-/m0/s1. The average Bonchev–Trinajstić information content (AvgIpc) is 3.56. The van der Waals surface area contributed by atoms with Gasteiger partial charge in [0.25, 0.3) is 11.8 Å². The van der Waals surface area contributed by atoms with Gasteiger partial charge in [0, 0.05) is 63.7 Å². The van der Waals surface area contributed by atoms with Crippen LogP contribution in [-0.2, 0) is 54.3 Å². The topological polar surface area (TPSA) is 284 Å². The Hall–Kier alpha value is -5.80. The number of anilines is 1. The largest absolute Gasteiger partial charge is 0.445 e.